The summed E-state index contributed by atoms with van der Waals surface area (Å²) in [5.74, 6) is -0.205. The Balaban J connectivity index is 1.56. The lowest BCUT2D eigenvalue weighted by Gasteiger charge is -2.32. The quantitative estimate of drug-likeness (QED) is 0.733. The van der Waals surface area contributed by atoms with Gasteiger partial charge in [-0.2, -0.15) is 5.10 Å². The van der Waals surface area contributed by atoms with E-state index < -0.39 is 0 Å². The molecule has 0 radical (unpaired) electrons. The monoisotopic (exact) mass is 384 g/mol. The second-order valence-electron chi connectivity index (χ2n) is 6.69. The maximum Gasteiger partial charge on any atom is 0.255 e. The normalized spacial score (nSPS) is 17.1. The van der Waals surface area contributed by atoms with Crippen LogP contribution < -0.4 is 0 Å². The number of hydrogen-bond acceptors (Lipinski definition) is 3. The van der Waals surface area contributed by atoms with Crippen LogP contribution in [-0.2, 0) is 0 Å². The SMILES string of the molecule is O=C(c1cncc(Cl)c1)N1CCCC(c2[nH]ncc2-c2ccc(F)cc2)C1. The summed E-state index contributed by atoms with van der Waals surface area (Å²) in [7, 11) is 0. The number of aromatic nitrogens is 3. The average Bonchev–Trinajstić information content (AvgIpc) is 3.18. The summed E-state index contributed by atoms with van der Waals surface area (Å²) < 4.78 is 13.2. The number of pyridine rings is 1. The topological polar surface area (TPSA) is 61.9 Å². The summed E-state index contributed by atoms with van der Waals surface area (Å²) in [5, 5.41) is 7.71. The number of nitrogens with zero attached hydrogens (tertiary/aromatic N) is 3. The molecular formula is C20H18ClFN4O. The van der Waals surface area contributed by atoms with E-state index >= 15 is 0 Å². The highest BCUT2D eigenvalue weighted by Gasteiger charge is 2.28. The van der Waals surface area contributed by atoms with Gasteiger partial charge in [-0.1, -0.05) is 23.7 Å². The second-order valence-corrected chi connectivity index (χ2v) is 7.12. The predicted octanol–water partition coefficient (Wildman–Crippen LogP) is 4.28. The van der Waals surface area contributed by atoms with Crippen molar-refractivity contribution >= 4 is 17.5 Å². The highest BCUT2D eigenvalue weighted by molar-refractivity contribution is 6.30. The molecule has 1 aliphatic rings. The molecule has 4 rings (SSSR count). The summed E-state index contributed by atoms with van der Waals surface area (Å²) >= 11 is 5.96. The molecule has 3 heterocycles. The molecule has 1 atom stereocenters. The summed E-state index contributed by atoms with van der Waals surface area (Å²) in [4.78, 5) is 18.7. The Morgan fingerprint density at radius 2 is 2.04 bits per heavy atom. The summed E-state index contributed by atoms with van der Waals surface area (Å²) in [5.41, 5.74) is 3.32. The fourth-order valence-corrected chi connectivity index (χ4v) is 3.75. The molecule has 1 aliphatic heterocycles. The van der Waals surface area contributed by atoms with Crippen LogP contribution in [0.5, 0.6) is 0 Å². The van der Waals surface area contributed by atoms with Crippen LogP contribution in [0.25, 0.3) is 11.1 Å². The van der Waals surface area contributed by atoms with Gasteiger partial charge in [-0.3, -0.25) is 14.9 Å². The molecule has 1 amide bonds. The van der Waals surface area contributed by atoms with Crippen LogP contribution >= 0.6 is 11.6 Å². The number of hydrogen-bond donors (Lipinski definition) is 1. The summed E-state index contributed by atoms with van der Waals surface area (Å²) in [6.45, 7) is 1.28. The minimum absolute atomic E-state index is 0.0717. The molecule has 1 N–H and O–H groups in total. The Morgan fingerprint density at radius 3 is 2.81 bits per heavy atom. The van der Waals surface area contributed by atoms with Crippen LogP contribution in [0.4, 0.5) is 4.39 Å². The molecule has 1 saturated heterocycles. The Bertz CT molecular complexity index is 957. The van der Waals surface area contributed by atoms with Gasteiger partial charge in [0.2, 0.25) is 0 Å². The molecule has 0 bridgehead atoms. The van der Waals surface area contributed by atoms with Crippen LogP contribution in [0, 0.1) is 5.82 Å². The lowest BCUT2D eigenvalue weighted by molar-refractivity contribution is 0.0705. The largest absolute Gasteiger partial charge is 0.338 e. The van der Waals surface area contributed by atoms with Gasteiger partial charge < -0.3 is 4.90 Å². The summed E-state index contributed by atoms with van der Waals surface area (Å²) in [6, 6.07) is 8.00. The van der Waals surface area contributed by atoms with E-state index in [1.54, 1.807) is 24.4 Å². The highest BCUT2D eigenvalue weighted by atomic mass is 35.5. The molecule has 3 aromatic rings. The average molecular weight is 385 g/mol. The maximum atomic E-state index is 13.2. The number of halogens is 2. The first-order valence-electron chi connectivity index (χ1n) is 8.81. The fourth-order valence-electron chi connectivity index (χ4n) is 3.58. The Labute approximate surface area is 161 Å². The van der Waals surface area contributed by atoms with Crippen molar-refractivity contribution in [3.05, 3.63) is 71.0 Å². The number of piperidine rings is 1. The van der Waals surface area contributed by atoms with Crippen LogP contribution in [0.2, 0.25) is 5.02 Å². The van der Waals surface area contributed by atoms with Crippen molar-refractivity contribution < 1.29 is 9.18 Å². The zero-order chi connectivity index (χ0) is 18.8. The molecule has 7 heteroatoms. The van der Waals surface area contributed by atoms with E-state index in [2.05, 4.69) is 15.2 Å². The second kappa shape index (κ2) is 7.48. The zero-order valence-electron chi connectivity index (χ0n) is 14.5. The van der Waals surface area contributed by atoms with Crippen LogP contribution in [0.1, 0.15) is 34.8 Å². The van der Waals surface area contributed by atoms with E-state index in [9.17, 15) is 9.18 Å². The first-order chi connectivity index (χ1) is 13.1. The molecule has 0 spiro atoms. The molecule has 138 valence electrons. The van der Waals surface area contributed by atoms with Crippen molar-refractivity contribution in [2.45, 2.75) is 18.8 Å². The molecule has 1 fully saturated rings. The van der Waals surface area contributed by atoms with Crippen molar-refractivity contribution in [3.8, 4) is 11.1 Å². The van der Waals surface area contributed by atoms with Crippen molar-refractivity contribution in [3.63, 3.8) is 0 Å². The Kier molecular flexibility index (Phi) is 4.90. The van der Waals surface area contributed by atoms with E-state index in [0.717, 1.165) is 29.7 Å². The number of rotatable bonds is 3. The lowest BCUT2D eigenvalue weighted by atomic mass is 9.90. The minimum Gasteiger partial charge on any atom is -0.338 e. The minimum atomic E-state index is -0.270. The van der Waals surface area contributed by atoms with Crippen molar-refractivity contribution in [2.75, 3.05) is 13.1 Å². The third-order valence-corrected chi connectivity index (χ3v) is 5.10. The third-order valence-electron chi connectivity index (χ3n) is 4.89. The zero-order valence-corrected chi connectivity index (χ0v) is 15.3. The predicted molar refractivity (Wildman–Crippen MR) is 101 cm³/mol. The van der Waals surface area contributed by atoms with Crippen LogP contribution in [-0.4, -0.2) is 39.1 Å². The van der Waals surface area contributed by atoms with E-state index in [0.29, 0.717) is 23.7 Å². The van der Waals surface area contributed by atoms with Gasteiger partial charge in [0.1, 0.15) is 5.82 Å². The number of amides is 1. The van der Waals surface area contributed by atoms with E-state index in [4.69, 9.17) is 11.6 Å². The first kappa shape index (κ1) is 17.7. The lowest BCUT2D eigenvalue weighted by Crippen LogP contribution is -2.39. The van der Waals surface area contributed by atoms with Gasteiger partial charge in [0.25, 0.3) is 5.91 Å². The number of aromatic amines is 1. The van der Waals surface area contributed by atoms with Gasteiger partial charge in [0.15, 0.2) is 0 Å². The maximum absolute atomic E-state index is 13.2. The molecule has 5 nitrogen and oxygen atoms in total. The number of benzene rings is 1. The van der Waals surface area contributed by atoms with E-state index in [1.165, 1.54) is 24.5 Å². The number of H-pyrrole nitrogens is 1. The van der Waals surface area contributed by atoms with Crippen molar-refractivity contribution in [2.24, 2.45) is 0 Å². The van der Waals surface area contributed by atoms with Gasteiger partial charge in [0.05, 0.1) is 16.8 Å². The van der Waals surface area contributed by atoms with Gasteiger partial charge >= 0.3 is 0 Å². The van der Waals surface area contributed by atoms with Gasteiger partial charge in [-0.15, -0.1) is 0 Å². The summed E-state index contributed by atoms with van der Waals surface area (Å²) in [6.07, 6.45) is 6.65. The Hall–Kier alpha value is -2.73. The van der Waals surface area contributed by atoms with Gasteiger partial charge in [0, 0.05) is 42.7 Å². The van der Waals surface area contributed by atoms with Crippen molar-refractivity contribution in [1.29, 1.82) is 0 Å². The smallest absolute Gasteiger partial charge is 0.255 e. The number of carbonyl (C=O) groups is 1. The van der Waals surface area contributed by atoms with Gasteiger partial charge in [-0.05, 0) is 36.6 Å². The van der Waals surface area contributed by atoms with Crippen LogP contribution in [0.15, 0.2) is 48.9 Å². The molecule has 1 unspecified atom stereocenters. The van der Waals surface area contributed by atoms with Gasteiger partial charge in [-0.25, -0.2) is 4.39 Å². The molecule has 0 saturated carbocycles. The molecular weight excluding hydrogens is 367 g/mol. The van der Waals surface area contributed by atoms with E-state index in [-0.39, 0.29) is 17.6 Å². The molecule has 0 aliphatic carbocycles. The number of carbonyl (C=O) groups excluding carboxylic acids is 1. The van der Waals surface area contributed by atoms with E-state index in [1.807, 2.05) is 4.90 Å². The fraction of sp³-hybridized carbons (Fsp3) is 0.250. The first-order valence-corrected chi connectivity index (χ1v) is 9.18. The van der Waals surface area contributed by atoms with Crippen molar-refractivity contribution in [1.82, 2.24) is 20.1 Å². The Morgan fingerprint density at radius 1 is 1.22 bits per heavy atom. The number of likely N-dealkylation sites (tertiary alicyclic amines) is 1. The number of nitrogens with one attached hydrogen (secondary N) is 1. The molecule has 2 aromatic heterocycles. The molecule has 27 heavy (non-hydrogen) atoms. The molecule has 1 aromatic carbocycles. The third kappa shape index (κ3) is 3.71. The standard InChI is InChI=1S/C20H18ClFN4O/c21-16-8-15(9-23-10-16)20(27)26-7-1-2-14(12-26)19-18(11-24-25-19)13-3-5-17(22)6-4-13/h3-6,8-11,14H,1-2,7,12H2,(H,24,25). The van der Waals surface area contributed by atoms with Crippen LogP contribution in [0.3, 0.4) is 0 Å². The highest BCUT2D eigenvalue weighted by Crippen LogP contribution is 2.33.